The highest BCUT2D eigenvalue weighted by atomic mass is 32.2. The van der Waals surface area contributed by atoms with Gasteiger partial charge in [-0.3, -0.25) is 9.69 Å². The molecule has 4 rings (SSSR count). The molecule has 1 saturated heterocycles. The molecule has 144 valence electrons. The number of benzene rings is 1. The average Bonchev–Trinajstić information content (AvgIpc) is 3.28. The van der Waals surface area contributed by atoms with Crippen molar-refractivity contribution in [2.45, 2.75) is 37.6 Å². The molecule has 27 heavy (non-hydrogen) atoms. The molecule has 0 spiro atoms. The van der Waals surface area contributed by atoms with Crippen LogP contribution in [0.25, 0.3) is 5.69 Å². The first-order valence-corrected chi connectivity index (χ1v) is 11.0. The van der Waals surface area contributed by atoms with Crippen LogP contribution in [0.3, 0.4) is 0 Å². The second-order valence-electron chi connectivity index (χ2n) is 7.46. The number of rotatable bonds is 5. The van der Waals surface area contributed by atoms with E-state index in [0.717, 1.165) is 25.3 Å². The summed E-state index contributed by atoms with van der Waals surface area (Å²) in [6, 6.07) is 7.53. The normalized spacial score (nSPS) is 20.3. The van der Waals surface area contributed by atoms with Gasteiger partial charge in [-0.15, -0.1) is 5.10 Å². The molecule has 6 nitrogen and oxygen atoms in total. The van der Waals surface area contributed by atoms with E-state index in [4.69, 9.17) is 0 Å². The Hall–Kier alpha value is -1.86. The summed E-state index contributed by atoms with van der Waals surface area (Å²) in [7, 11) is 0. The summed E-state index contributed by atoms with van der Waals surface area (Å²) < 4.78 is 1.69. The van der Waals surface area contributed by atoms with Gasteiger partial charge in [0.1, 0.15) is 0 Å². The van der Waals surface area contributed by atoms with Crippen LogP contribution in [0.1, 0.15) is 42.5 Å². The van der Waals surface area contributed by atoms with Gasteiger partial charge in [0.15, 0.2) is 0 Å². The molecule has 1 N–H and O–H groups in total. The molecular formula is C20H27N5OS. The minimum atomic E-state index is 0.0106. The molecular weight excluding hydrogens is 358 g/mol. The van der Waals surface area contributed by atoms with Crippen molar-refractivity contribution in [1.29, 1.82) is 0 Å². The van der Waals surface area contributed by atoms with Crippen LogP contribution < -0.4 is 5.32 Å². The third-order valence-corrected chi connectivity index (χ3v) is 6.80. The second-order valence-corrected chi connectivity index (χ2v) is 8.69. The molecule has 2 aliphatic rings. The number of hydrogen-bond donors (Lipinski definition) is 1. The largest absolute Gasteiger partial charge is 0.350 e. The maximum atomic E-state index is 12.7. The molecule has 1 aromatic carbocycles. The SMILES string of the molecule is O=C(NCC1(N2CCSCC2)CCCCC1)c1ccc(-n2ccnn2)cc1. The first kappa shape index (κ1) is 18.5. The highest BCUT2D eigenvalue weighted by molar-refractivity contribution is 7.99. The van der Waals surface area contributed by atoms with Gasteiger partial charge in [0.25, 0.3) is 5.91 Å². The summed E-state index contributed by atoms with van der Waals surface area (Å²) in [5.41, 5.74) is 1.74. The van der Waals surface area contributed by atoms with E-state index in [1.807, 2.05) is 36.0 Å². The summed E-state index contributed by atoms with van der Waals surface area (Å²) in [5.74, 6) is 2.43. The standard InChI is InChI=1S/C20H27N5OS/c26-19(17-4-6-18(7-5-17)25-11-10-22-23-25)21-16-20(8-2-1-3-9-20)24-12-14-27-15-13-24/h4-7,10-11H,1-3,8-9,12-16H2,(H,21,26). The van der Waals surface area contributed by atoms with Gasteiger partial charge < -0.3 is 5.32 Å². The van der Waals surface area contributed by atoms with E-state index in [1.54, 1.807) is 17.1 Å². The third kappa shape index (κ3) is 4.19. The summed E-state index contributed by atoms with van der Waals surface area (Å²) in [6.45, 7) is 3.04. The Bertz CT molecular complexity index is 734. The first-order valence-electron chi connectivity index (χ1n) is 9.85. The van der Waals surface area contributed by atoms with Crippen molar-refractivity contribution in [2.24, 2.45) is 0 Å². The fourth-order valence-electron chi connectivity index (χ4n) is 4.31. The predicted octanol–water partition coefficient (Wildman–Crippen LogP) is 2.75. The van der Waals surface area contributed by atoms with Crippen LogP contribution >= 0.6 is 11.8 Å². The van der Waals surface area contributed by atoms with Crippen molar-refractivity contribution in [2.75, 3.05) is 31.1 Å². The molecule has 2 fully saturated rings. The lowest BCUT2D eigenvalue weighted by molar-refractivity contribution is 0.0549. The van der Waals surface area contributed by atoms with Gasteiger partial charge in [-0.1, -0.05) is 24.5 Å². The number of carbonyl (C=O) groups is 1. The number of nitrogens with zero attached hydrogens (tertiary/aromatic N) is 4. The Morgan fingerprint density at radius 1 is 1.11 bits per heavy atom. The molecule has 2 aromatic rings. The zero-order chi connectivity index (χ0) is 18.5. The zero-order valence-electron chi connectivity index (χ0n) is 15.6. The Morgan fingerprint density at radius 2 is 1.85 bits per heavy atom. The summed E-state index contributed by atoms with van der Waals surface area (Å²) in [6.07, 6.45) is 9.69. The average molecular weight is 386 g/mol. The summed E-state index contributed by atoms with van der Waals surface area (Å²) >= 11 is 2.04. The Morgan fingerprint density at radius 3 is 2.52 bits per heavy atom. The zero-order valence-corrected chi connectivity index (χ0v) is 16.5. The number of aromatic nitrogens is 3. The summed E-state index contributed by atoms with van der Waals surface area (Å²) in [4.78, 5) is 15.4. The van der Waals surface area contributed by atoms with Crippen LogP contribution in [0.5, 0.6) is 0 Å². The lowest BCUT2D eigenvalue weighted by Crippen LogP contribution is -2.58. The van der Waals surface area contributed by atoms with Crippen LogP contribution in [-0.4, -0.2) is 62.5 Å². The maximum Gasteiger partial charge on any atom is 0.251 e. The van der Waals surface area contributed by atoms with Crippen molar-refractivity contribution in [3.63, 3.8) is 0 Å². The van der Waals surface area contributed by atoms with Gasteiger partial charge in [-0.2, -0.15) is 11.8 Å². The highest BCUT2D eigenvalue weighted by Crippen LogP contribution is 2.34. The number of amides is 1. The van der Waals surface area contributed by atoms with E-state index in [0.29, 0.717) is 5.56 Å². The minimum Gasteiger partial charge on any atom is -0.350 e. The molecule has 0 radical (unpaired) electrons. The monoisotopic (exact) mass is 385 g/mol. The van der Waals surface area contributed by atoms with E-state index < -0.39 is 0 Å². The number of carbonyl (C=O) groups excluding carboxylic acids is 1. The molecule has 1 amide bonds. The van der Waals surface area contributed by atoms with Gasteiger partial charge in [0.2, 0.25) is 0 Å². The highest BCUT2D eigenvalue weighted by Gasteiger charge is 2.38. The van der Waals surface area contributed by atoms with Crippen LogP contribution in [0, 0.1) is 0 Å². The second kappa shape index (κ2) is 8.44. The van der Waals surface area contributed by atoms with Gasteiger partial charge in [0.05, 0.1) is 18.1 Å². The van der Waals surface area contributed by atoms with Gasteiger partial charge >= 0.3 is 0 Å². The number of thioether (sulfide) groups is 1. The molecule has 0 bridgehead atoms. The van der Waals surface area contributed by atoms with E-state index in [-0.39, 0.29) is 11.4 Å². The quantitative estimate of drug-likeness (QED) is 0.857. The van der Waals surface area contributed by atoms with Crippen LogP contribution in [0.4, 0.5) is 0 Å². The predicted molar refractivity (Wildman–Crippen MR) is 108 cm³/mol. The molecule has 1 saturated carbocycles. The molecule has 7 heteroatoms. The van der Waals surface area contributed by atoms with Gasteiger partial charge in [0, 0.05) is 42.2 Å². The van der Waals surface area contributed by atoms with Gasteiger partial charge in [-0.05, 0) is 37.1 Å². The van der Waals surface area contributed by atoms with Crippen LogP contribution in [-0.2, 0) is 0 Å². The number of hydrogen-bond acceptors (Lipinski definition) is 5. The fourth-order valence-corrected chi connectivity index (χ4v) is 5.21. The van der Waals surface area contributed by atoms with Crippen molar-refractivity contribution >= 4 is 17.7 Å². The van der Waals surface area contributed by atoms with E-state index in [2.05, 4.69) is 20.5 Å². The van der Waals surface area contributed by atoms with E-state index in [1.165, 1.54) is 43.6 Å². The lowest BCUT2D eigenvalue weighted by atomic mass is 9.80. The van der Waals surface area contributed by atoms with Crippen molar-refractivity contribution < 1.29 is 4.79 Å². The summed E-state index contributed by atoms with van der Waals surface area (Å²) in [5, 5.41) is 11.0. The molecule has 1 aliphatic carbocycles. The topological polar surface area (TPSA) is 63.1 Å². The van der Waals surface area contributed by atoms with E-state index >= 15 is 0 Å². The minimum absolute atomic E-state index is 0.0106. The van der Waals surface area contributed by atoms with Crippen LogP contribution in [0.15, 0.2) is 36.7 Å². The Labute approximate surface area is 164 Å². The van der Waals surface area contributed by atoms with Crippen molar-refractivity contribution in [3.05, 3.63) is 42.2 Å². The lowest BCUT2D eigenvalue weighted by Gasteiger charge is -2.48. The molecule has 1 aromatic heterocycles. The third-order valence-electron chi connectivity index (χ3n) is 5.86. The maximum absolute atomic E-state index is 12.7. The van der Waals surface area contributed by atoms with Crippen LogP contribution in [0.2, 0.25) is 0 Å². The Kier molecular flexibility index (Phi) is 5.78. The van der Waals surface area contributed by atoms with Crippen molar-refractivity contribution in [3.8, 4) is 5.69 Å². The van der Waals surface area contributed by atoms with Gasteiger partial charge in [-0.25, -0.2) is 4.68 Å². The fraction of sp³-hybridized carbons (Fsp3) is 0.550. The smallest absolute Gasteiger partial charge is 0.251 e. The molecule has 0 unspecified atom stereocenters. The molecule has 1 aliphatic heterocycles. The van der Waals surface area contributed by atoms with Crippen molar-refractivity contribution in [1.82, 2.24) is 25.2 Å². The number of nitrogens with one attached hydrogen (secondary N) is 1. The molecule has 0 atom stereocenters. The molecule has 2 heterocycles. The Balaban J connectivity index is 1.41. The van der Waals surface area contributed by atoms with E-state index in [9.17, 15) is 4.79 Å². The first-order chi connectivity index (χ1) is 13.3.